The number of anilines is 2. The van der Waals surface area contributed by atoms with Gasteiger partial charge in [0, 0.05) is 12.3 Å². The summed E-state index contributed by atoms with van der Waals surface area (Å²) < 4.78 is 39.3. The van der Waals surface area contributed by atoms with Gasteiger partial charge >= 0.3 is 6.18 Å². The maximum atomic E-state index is 13.1. The lowest BCUT2D eigenvalue weighted by atomic mass is 10.1. The van der Waals surface area contributed by atoms with Gasteiger partial charge in [-0.15, -0.1) is 0 Å². The molecule has 0 saturated carbocycles. The molecule has 2 nitrogen and oxygen atoms in total. The van der Waals surface area contributed by atoms with Crippen molar-refractivity contribution in [1.29, 1.82) is 0 Å². The largest absolute Gasteiger partial charge is 0.418 e. The van der Waals surface area contributed by atoms with Crippen LogP contribution in [0.3, 0.4) is 0 Å². The predicted octanol–water partition coefficient (Wildman–Crippen LogP) is 4.36. The molecule has 0 saturated heterocycles. The second kappa shape index (κ2) is 4.67. The first-order valence-electron chi connectivity index (χ1n) is 6.04. The molecule has 5 heteroatoms. The molecular formula is C15H10F3N2. The standard InChI is InChI=1S/C15H10F3N2/c16-15(17,18)11-5-1-3-7-13(11)20-10-9-19-12-6-2-4-8-14(12)20/h1-5,7-9H,10H2. The topological polar surface area (TPSA) is 15.6 Å². The first-order chi connectivity index (χ1) is 9.57. The highest BCUT2D eigenvalue weighted by Crippen LogP contribution is 2.42. The number of fused-ring (bicyclic) bond motifs is 1. The normalized spacial score (nSPS) is 14.2. The van der Waals surface area contributed by atoms with Gasteiger partial charge in [0.2, 0.25) is 0 Å². The minimum Gasteiger partial charge on any atom is -0.334 e. The first-order valence-corrected chi connectivity index (χ1v) is 6.04. The van der Waals surface area contributed by atoms with Crippen molar-refractivity contribution in [3.05, 3.63) is 54.1 Å². The molecule has 0 bridgehead atoms. The zero-order valence-electron chi connectivity index (χ0n) is 10.4. The molecule has 2 aromatic rings. The Labute approximate surface area is 114 Å². The van der Waals surface area contributed by atoms with Crippen molar-refractivity contribution in [3.8, 4) is 0 Å². The molecule has 0 unspecified atom stereocenters. The zero-order chi connectivity index (χ0) is 14.2. The molecule has 0 spiro atoms. The van der Waals surface area contributed by atoms with Gasteiger partial charge in [-0.25, -0.2) is 0 Å². The van der Waals surface area contributed by atoms with Gasteiger partial charge in [-0.3, -0.25) is 4.99 Å². The van der Waals surface area contributed by atoms with Crippen LogP contribution in [0, 0.1) is 6.07 Å². The molecule has 0 aromatic heterocycles. The predicted molar refractivity (Wildman–Crippen MR) is 71.9 cm³/mol. The lowest BCUT2D eigenvalue weighted by molar-refractivity contribution is -0.137. The van der Waals surface area contributed by atoms with E-state index in [1.165, 1.54) is 12.1 Å². The molecule has 20 heavy (non-hydrogen) atoms. The Hall–Kier alpha value is -2.30. The van der Waals surface area contributed by atoms with Gasteiger partial charge in [0.05, 0.1) is 29.2 Å². The molecular weight excluding hydrogens is 265 g/mol. The van der Waals surface area contributed by atoms with E-state index in [0.29, 0.717) is 17.9 Å². The number of benzene rings is 2. The number of hydrogen-bond acceptors (Lipinski definition) is 2. The van der Waals surface area contributed by atoms with Crippen LogP contribution in [0.4, 0.5) is 30.2 Å². The molecule has 0 N–H and O–H groups in total. The number of hydrogen-bond donors (Lipinski definition) is 0. The van der Waals surface area contributed by atoms with Crippen molar-refractivity contribution >= 4 is 23.3 Å². The van der Waals surface area contributed by atoms with E-state index in [-0.39, 0.29) is 5.69 Å². The molecule has 0 atom stereocenters. The number of aliphatic imine (C=N–C) groups is 1. The Morgan fingerprint density at radius 2 is 1.80 bits per heavy atom. The average Bonchev–Trinajstić information content (AvgIpc) is 2.46. The number of halogens is 3. The van der Waals surface area contributed by atoms with E-state index < -0.39 is 11.7 Å². The van der Waals surface area contributed by atoms with Crippen molar-refractivity contribution in [1.82, 2.24) is 0 Å². The summed E-state index contributed by atoms with van der Waals surface area (Å²) in [5.41, 5.74) is 0.666. The van der Waals surface area contributed by atoms with Crippen LogP contribution in [0.2, 0.25) is 0 Å². The van der Waals surface area contributed by atoms with E-state index in [1.54, 1.807) is 35.4 Å². The van der Waals surface area contributed by atoms with Crippen LogP contribution in [0.5, 0.6) is 0 Å². The van der Waals surface area contributed by atoms with Crippen LogP contribution >= 0.6 is 0 Å². The average molecular weight is 275 g/mol. The third-order valence-corrected chi connectivity index (χ3v) is 3.09. The highest BCUT2D eigenvalue weighted by Gasteiger charge is 2.35. The number of para-hydroxylation sites is 2. The van der Waals surface area contributed by atoms with E-state index in [2.05, 4.69) is 11.1 Å². The lowest BCUT2D eigenvalue weighted by Crippen LogP contribution is -2.24. The maximum absolute atomic E-state index is 13.1. The quantitative estimate of drug-likeness (QED) is 0.755. The fraction of sp³-hybridized carbons (Fsp3) is 0.133. The molecule has 2 aromatic carbocycles. The van der Waals surface area contributed by atoms with Crippen LogP contribution in [-0.2, 0) is 6.18 Å². The van der Waals surface area contributed by atoms with E-state index in [0.717, 1.165) is 6.07 Å². The monoisotopic (exact) mass is 275 g/mol. The summed E-state index contributed by atoms with van der Waals surface area (Å²) in [6.45, 7) is 0.304. The summed E-state index contributed by atoms with van der Waals surface area (Å²) in [7, 11) is 0. The smallest absolute Gasteiger partial charge is 0.334 e. The first kappa shape index (κ1) is 12.7. The summed E-state index contributed by atoms with van der Waals surface area (Å²) in [5, 5.41) is 0. The number of alkyl halides is 3. The van der Waals surface area contributed by atoms with E-state index >= 15 is 0 Å². The van der Waals surface area contributed by atoms with Gasteiger partial charge in [-0.2, -0.15) is 13.2 Å². The summed E-state index contributed by atoms with van der Waals surface area (Å²) in [6.07, 6.45) is -2.80. The van der Waals surface area contributed by atoms with Crippen LogP contribution in [0.1, 0.15) is 5.56 Å². The molecule has 3 rings (SSSR count). The Bertz CT molecular complexity index is 662. The molecule has 101 valence electrons. The Balaban J connectivity index is 2.14. The SMILES string of the molecule is FC(F)(F)c1ccccc1N1CC=Nc2[c]cccc21. The van der Waals surface area contributed by atoms with Gasteiger partial charge in [0.15, 0.2) is 0 Å². The molecule has 1 radical (unpaired) electrons. The zero-order valence-corrected chi connectivity index (χ0v) is 10.4. The van der Waals surface area contributed by atoms with E-state index in [1.807, 2.05) is 0 Å². The number of nitrogens with zero attached hydrogens (tertiary/aromatic N) is 2. The van der Waals surface area contributed by atoms with Gasteiger partial charge in [0.1, 0.15) is 0 Å². The minimum absolute atomic E-state index is 0.131. The maximum Gasteiger partial charge on any atom is 0.418 e. The van der Waals surface area contributed by atoms with E-state index in [9.17, 15) is 13.2 Å². The highest BCUT2D eigenvalue weighted by molar-refractivity contribution is 5.87. The Kier molecular flexibility index (Phi) is 2.97. The summed E-state index contributed by atoms with van der Waals surface area (Å²) in [5.74, 6) is 0. The summed E-state index contributed by atoms with van der Waals surface area (Å²) >= 11 is 0. The van der Waals surface area contributed by atoms with Crippen LogP contribution < -0.4 is 4.90 Å². The molecule has 1 heterocycles. The molecule has 0 amide bonds. The fourth-order valence-electron chi connectivity index (χ4n) is 2.23. The minimum atomic E-state index is -4.39. The van der Waals surface area contributed by atoms with Gasteiger partial charge in [-0.1, -0.05) is 24.3 Å². The second-order valence-corrected chi connectivity index (χ2v) is 4.34. The third kappa shape index (κ3) is 2.15. The Morgan fingerprint density at radius 3 is 2.60 bits per heavy atom. The molecule has 1 aliphatic rings. The number of rotatable bonds is 1. The van der Waals surface area contributed by atoms with Crippen molar-refractivity contribution < 1.29 is 13.2 Å². The Morgan fingerprint density at radius 1 is 1.05 bits per heavy atom. The summed E-state index contributed by atoms with van der Waals surface area (Å²) in [4.78, 5) is 5.76. The van der Waals surface area contributed by atoms with Crippen molar-refractivity contribution in [3.63, 3.8) is 0 Å². The van der Waals surface area contributed by atoms with Gasteiger partial charge in [0.25, 0.3) is 0 Å². The van der Waals surface area contributed by atoms with E-state index in [4.69, 9.17) is 0 Å². The van der Waals surface area contributed by atoms with Crippen molar-refractivity contribution in [2.24, 2.45) is 4.99 Å². The van der Waals surface area contributed by atoms with Crippen LogP contribution in [-0.4, -0.2) is 12.8 Å². The fourth-order valence-corrected chi connectivity index (χ4v) is 2.23. The molecule has 0 aliphatic carbocycles. The van der Waals surface area contributed by atoms with Crippen molar-refractivity contribution in [2.45, 2.75) is 6.18 Å². The molecule has 0 fully saturated rings. The van der Waals surface area contributed by atoms with Gasteiger partial charge < -0.3 is 4.90 Å². The molecule has 1 aliphatic heterocycles. The third-order valence-electron chi connectivity index (χ3n) is 3.09. The van der Waals surface area contributed by atoms with Crippen molar-refractivity contribution in [2.75, 3.05) is 11.4 Å². The van der Waals surface area contributed by atoms with Crippen LogP contribution in [0.15, 0.2) is 47.5 Å². The lowest BCUT2D eigenvalue weighted by Gasteiger charge is -2.29. The highest BCUT2D eigenvalue weighted by atomic mass is 19.4. The second-order valence-electron chi connectivity index (χ2n) is 4.34. The van der Waals surface area contributed by atoms with Crippen LogP contribution in [0.25, 0.3) is 0 Å². The summed E-state index contributed by atoms with van der Waals surface area (Å²) in [6, 6.07) is 13.7. The van der Waals surface area contributed by atoms with Gasteiger partial charge in [-0.05, 0) is 18.2 Å².